The maximum atomic E-state index is 11.3. The minimum Gasteiger partial charge on any atom is -0.474 e. The van der Waals surface area contributed by atoms with Crippen molar-refractivity contribution in [2.75, 3.05) is 0 Å². The summed E-state index contributed by atoms with van der Waals surface area (Å²) in [4.78, 5) is 10.8. The van der Waals surface area contributed by atoms with Gasteiger partial charge >= 0.3 is 0 Å². The second-order valence-electron chi connectivity index (χ2n) is 4.38. The molecule has 3 rings (SSSR count). The average molecular weight is 288 g/mol. The van der Waals surface area contributed by atoms with Crippen molar-refractivity contribution in [3.8, 4) is 5.75 Å². The maximum absolute atomic E-state index is 11.3. The SMILES string of the molecule is O=[N+]([O-])C1=Cc2ccccc2O[C@@H]1c1ccccc1Cl. The van der Waals surface area contributed by atoms with Crippen molar-refractivity contribution in [2.24, 2.45) is 0 Å². The fraction of sp³-hybridized carbons (Fsp3) is 0.0667. The van der Waals surface area contributed by atoms with Crippen molar-refractivity contribution >= 4 is 17.7 Å². The van der Waals surface area contributed by atoms with E-state index in [1.165, 1.54) is 6.08 Å². The minimum atomic E-state index is -0.798. The number of ether oxygens (including phenoxy) is 1. The second-order valence-corrected chi connectivity index (χ2v) is 4.79. The Balaban J connectivity index is 2.13. The summed E-state index contributed by atoms with van der Waals surface area (Å²) in [5.74, 6) is 0.614. The fourth-order valence-electron chi connectivity index (χ4n) is 2.19. The third-order valence-electron chi connectivity index (χ3n) is 3.13. The van der Waals surface area contributed by atoms with Gasteiger partial charge in [-0.15, -0.1) is 0 Å². The molecule has 2 aromatic carbocycles. The second kappa shape index (κ2) is 4.98. The van der Waals surface area contributed by atoms with Crippen molar-refractivity contribution < 1.29 is 9.66 Å². The molecule has 1 heterocycles. The molecule has 4 nitrogen and oxygen atoms in total. The molecule has 1 aliphatic heterocycles. The highest BCUT2D eigenvalue weighted by atomic mass is 35.5. The molecular weight excluding hydrogens is 278 g/mol. The Morgan fingerprint density at radius 2 is 1.80 bits per heavy atom. The zero-order valence-electron chi connectivity index (χ0n) is 10.3. The van der Waals surface area contributed by atoms with Gasteiger partial charge in [-0.1, -0.05) is 48.0 Å². The zero-order chi connectivity index (χ0) is 14.1. The first-order chi connectivity index (χ1) is 9.66. The maximum Gasteiger partial charge on any atom is 0.291 e. The highest BCUT2D eigenvalue weighted by Crippen LogP contribution is 2.39. The summed E-state index contributed by atoms with van der Waals surface area (Å²) in [5, 5.41) is 11.7. The van der Waals surface area contributed by atoms with Crippen molar-refractivity contribution in [1.82, 2.24) is 0 Å². The van der Waals surface area contributed by atoms with Crippen molar-refractivity contribution in [2.45, 2.75) is 6.10 Å². The third-order valence-corrected chi connectivity index (χ3v) is 3.48. The van der Waals surface area contributed by atoms with Crippen LogP contribution in [0.15, 0.2) is 54.2 Å². The van der Waals surface area contributed by atoms with Crippen molar-refractivity contribution in [1.29, 1.82) is 0 Å². The lowest BCUT2D eigenvalue weighted by Crippen LogP contribution is -2.20. The molecule has 0 N–H and O–H groups in total. The van der Waals surface area contributed by atoms with Gasteiger partial charge in [0.05, 0.1) is 4.92 Å². The smallest absolute Gasteiger partial charge is 0.291 e. The van der Waals surface area contributed by atoms with Crippen LogP contribution in [0.25, 0.3) is 6.08 Å². The van der Waals surface area contributed by atoms with Crippen LogP contribution in [-0.4, -0.2) is 4.92 Å². The molecule has 0 aliphatic carbocycles. The van der Waals surface area contributed by atoms with Crippen LogP contribution in [0, 0.1) is 10.1 Å². The molecule has 0 aromatic heterocycles. The number of halogens is 1. The summed E-state index contributed by atoms with van der Waals surface area (Å²) < 4.78 is 5.78. The molecule has 0 radical (unpaired) electrons. The van der Waals surface area contributed by atoms with E-state index < -0.39 is 11.0 Å². The van der Waals surface area contributed by atoms with Crippen LogP contribution >= 0.6 is 11.6 Å². The standard InChI is InChI=1S/C15H10ClNO3/c16-12-7-3-2-6-11(12)15-13(17(18)19)9-10-5-1-4-8-14(10)20-15/h1-9,15H/t15-/m1/s1. The molecule has 0 amide bonds. The quantitative estimate of drug-likeness (QED) is 0.617. The van der Waals surface area contributed by atoms with Gasteiger partial charge in [-0.05, 0) is 12.1 Å². The summed E-state index contributed by atoms with van der Waals surface area (Å²) >= 11 is 6.12. The number of rotatable bonds is 2. The van der Waals surface area contributed by atoms with Gasteiger partial charge in [0.1, 0.15) is 5.75 Å². The van der Waals surface area contributed by atoms with Gasteiger partial charge in [0.2, 0.25) is 6.10 Å². The van der Waals surface area contributed by atoms with Gasteiger partial charge in [-0.2, -0.15) is 0 Å². The average Bonchev–Trinajstić information content (AvgIpc) is 2.46. The number of para-hydroxylation sites is 1. The van der Waals surface area contributed by atoms with Gasteiger partial charge in [-0.3, -0.25) is 10.1 Å². The van der Waals surface area contributed by atoms with E-state index in [0.29, 0.717) is 21.9 Å². The fourth-order valence-corrected chi connectivity index (χ4v) is 2.42. The summed E-state index contributed by atoms with van der Waals surface area (Å²) in [6.45, 7) is 0. The number of hydrogen-bond acceptors (Lipinski definition) is 3. The van der Waals surface area contributed by atoms with E-state index >= 15 is 0 Å². The summed E-state index contributed by atoms with van der Waals surface area (Å²) in [7, 11) is 0. The summed E-state index contributed by atoms with van der Waals surface area (Å²) in [6.07, 6.45) is 0.737. The molecule has 1 aliphatic rings. The predicted octanol–water partition coefficient (Wildman–Crippen LogP) is 4.09. The molecule has 0 fully saturated rings. The molecular formula is C15H10ClNO3. The number of benzene rings is 2. The Labute approximate surface area is 120 Å². The van der Waals surface area contributed by atoms with Gasteiger partial charge in [-0.25, -0.2) is 0 Å². The lowest BCUT2D eigenvalue weighted by atomic mass is 10.0. The highest BCUT2D eigenvalue weighted by Gasteiger charge is 2.34. The molecule has 1 atom stereocenters. The largest absolute Gasteiger partial charge is 0.474 e. The van der Waals surface area contributed by atoms with Crippen molar-refractivity contribution in [3.63, 3.8) is 0 Å². The summed E-state index contributed by atoms with van der Waals surface area (Å²) in [5.41, 5.74) is 1.27. The number of hydrogen-bond donors (Lipinski definition) is 0. The van der Waals surface area contributed by atoms with Crippen LogP contribution in [0.2, 0.25) is 5.02 Å². The van der Waals surface area contributed by atoms with E-state index in [1.54, 1.807) is 36.4 Å². The Bertz CT molecular complexity index is 712. The summed E-state index contributed by atoms with van der Waals surface area (Å²) in [6, 6.07) is 14.2. The first-order valence-electron chi connectivity index (χ1n) is 6.03. The van der Waals surface area contributed by atoms with E-state index in [-0.39, 0.29) is 5.70 Å². The van der Waals surface area contributed by atoms with E-state index in [4.69, 9.17) is 16.3 Å². The number of nitrogens with zero attached hydrogens (tertiary/aromatic N) is 1. The van der Waals surface area contributed by atoms with Crippen LogP contribution in [0.3, 0.4) is 0 Å². The number of nitro groups is 1. The molecule has 100 valence electrons. The molecule has 5 heteroatoms. The van der Waals surface area contributed by atoms with Gasteiger partial charge < -0.3 is 4.74 Å². The topological polar surface area (TPSA) is 52.4 Å². The molecule has 0 saturated heterocycles. The highest BCUT2D eigenvalue weighted by molar-refractivity contribution is 6.31. The lowest BCUT2D eigenvalue weighted by Gasteiger charge is -2.23. The minimum absolute atomic E-state index is 0.0169. The molecule has 20 heavy (non-hydrogen) atoms. The van der Waals surface area contributed by atoms with Crippen molar-refractivity contribution in [3.05, 3.63) is 80.5 Å². The van der Waals surface area contributed by atoms with Gasteiger partial charge in [0, 0.05) is 22.2 Å². The van der Waals surface area contributed by atoms with Gasteiger partial charge in [0.25, 0.3) is 5.70 Å². The first kappa shape index (κ1) is 12.7. The lowest BCUT2D eigenvalue weighted by molar-refractivity contribution is -0.434. The van der Waals surface area contributed by atoms with E-state index in [0.717, 1.165) is 0 Å². The van der Waals surface area contributed by atoms with E-state index in [2.05, 4.69) is 0 Å². The molecule has 0 spiro atoms. The zero-order valence-corrected chi connectivity index (χ0v) is 11.1. The van der Waals surface area contributed by atoms with E-state index in [1.807, 2.05) is 12.1 Å². The molecule has 0 unspecified atom stereocenters. The van der Waals surface area contributed by atoms with Crippen LogP contribution in [0.5, 0.6) is 5.75 Å². The monoisotopic (exact) mass is 287 g/mol. The Morgan fingerprint density at radius 3 is 2.55 bits per heavy atom. The Kier molecular flexibility index (Phi) is 3.16. The first-order valence-corrected chi connectivity index (χ1v) is 6.40. The predicted molar refractivity (Wildman–Crippen MR) is 76.2 cm³/mol. The molecule has 0 bridgehead atoms. The van der Waals surface area contributed by atoms with Crippen LogP contribution in [-0.2, 0) is 0 Å². The Morgan fingerprint density at radius 1 is 1.10 bits per heavy atom. The van der Waals surface area contributed by atoms with Crippen LogP contribution in [0.4, 0.5) is 0 Å². The molecule has 2 aromatic rings. The van der Waals surface area contributed by atoms with Crippen LogP contribution < -0.4 is 4.74 Å². The van der Waals surface area contributed by atoms with Crippen LogP contribution in [0.1, 0.15) is 17.2 Å². The van der Waals surface area contributed by atoms with Gasteiger partial charge in [0.15, 0.2) is 0 Å². The number of fused-ring (bicyclic) bond motifs is 1. The molecule has 0 saturated carbocycles. The third kappa shape index (κ3) is 2.14. The normalized spacial score (nSPS) is 16.9. The Hall–Kier alpha value is -2.33. The van der Waals surface area contributed by atoms with E-state index in [9.17, 15) is 10.1 Å².